The molecule has 1 aliphatic heterocycles. The fraction of sp³-hybridized carbons (Fsp3) is 0.783. The van der Waals surface area contributed by atoms with Gasteiger partial charge in [-0.1, -0.05) is 11.6 Å². The van der Waals surface area contributed by atoms with E-state index in [1.165, 1.54) is 25.7 Å². The van der Waals surface area contributed by atoms with E-state index in [4.69, 9.17) is 4.52 Å². The Balaban J connectivity index is 1.26. The molecule has 3 saturated carbocycles. The SMILES string of the molecule is Cc1cc(CNC(=O)[C@H]2[C@H](C(=O)O)[C@H]3CC[C@@H]2C32CC2CCC2CCNCC2)no1. The number of amides is 1. The van der Waals surface area contributed by atoms with Gasteiger partial charge in [0, 0.05) is 6.07 Å². The van der Waals surface area contributed by atoms with E-state index >= 15 is 0 Å². The first kappa shape index (κ1) is 20.0. The van der Waals surface area contributed by atoms with Crippen molar-refractivity contribution in [1.29, 1.82) is 0 Å². The maximum absolute atomic E-state index is 13.1. The molecule has 1 aromatic heterocycles. The van der Waals surface area contributed by atoms with E-state index in [9.17, 15) is 14.7 Å². The van der Waals surface area contributed by atoms with Crippen LogP contribution in [-0.2, 0) is 16.1 Å². The Hall–Kier alpha value is -1.89. The van der Waals surface area contributed by atoms with Crippen LogP contribution >= 0.6 is 0 Å². The quantitative estimate of drug-likeness (QED) is 0.633. The predicted molar refractivity (Wildman–Crippen MR) is 109 cm³/mol. The van der Waals surface area contributed by atoms with E-state index in [2.05, 4.69) is 15.8 Å². The van der Waals surface area contributed by atoms with Crippen molar-refractivity contribution >= 4 is 11.9 Å². The summed E-state index contributed by atoms with van der Waals surface area (Å²) in [6.07, 6.45) is 8.08. The van der Waals surface area contributed by atoms with Crippen LogP contribution in [0.4, 0.5) is 0 Å². The minimum atomic E-state index is -0.789. The number of carbonyl (C=O) groups excluding carboxylic acids is 1. The van der Waals surface area contributed by atoms with Gasteiger partial charge in [0.15, 0.2) is 0 Å². The van der Waals surface area contributed by atoms with E-state index in [0.717, 1.165) is 38.3 Å². The van der Waals surface area contributed by atoms with Crippen LogP contribution in [0.3, 0.4) is 0 Å². The molecule has 1 spiro atoms. The van der Waals surface area contributed by atoms with E-state index < -0.39 is 17.8 Å². The van der Waals surface area contributed by atoms with Crippen LogP contribution in [0, 0.1) is 47.8 Å². The summed E-state index contributed by atoms with van der Waals surface area (Å²) in [5.41, 5.74) is 0.791. The first-order valence-corrected chi connectivity index (χ1v) is 11.6. The number of aryl methyl sites for hydroxylation is 1. The summed E-state index contributed by atoms with van der Waals surface area (Å²) in [6, 6.07) is 1.80. The van der Waals surface area contributed by atoms with Crippen LogP contribution in [0.5, 0.6) is 0 Å². The highest BCUT2D eigenvalue weighted by atomic mass is 16.5. The largest absolute Gasteiger partial charge is 0.481 e. The molecule has 4 fully saturated rings. The monoisotopic (exact) mass is 415 g/mol. The second kappa shape index (κ2) is 7.66. The highest BCUT2D eigenvalue weighted by Crippen LogP contribution is 2.78. The molecule has 2 heterocycles. The lowest BCUT2D eigenvalue weighted by Crippen LogP contribution is -2.41. The van der Waals surface area contributed by atoms with Crippen molar-refractivity contribution in [2.45, 2.75) is 58.4 Å². The fourth-order valence-corrected chi connectivity index (χ4v) is 7.42. The zero-order chi connectivity index (χ0) is 20.9. The van der Waals surface area contributed by atoms with Gasteiger partial charge in [0.2, 0.25) is 5.91 Å². The second-order valence-electron chi connectivity index (χ2n) is 10.1. The van der Waals surface area contributed by atoms with Crippen molar-refractivity contribution in [3.8, 4) is 0 Å². The van der Waals surface area contributed by atoms with Crippen LogP contribution < -0.4 is 10.6 Å². The van der Waals surface area contributed by atoms with Gasteiger partial charge in [0.25, 0.3) is 0 Å². The number of rotatable bonds is 7. The Morgan fingerprint density at radius 2 is 1.93 bits per heavy atom. The highest BCUT2D eigenvalue weighted by molar-refractivity contribution is 5.86. The molecule has 2 bridgehead atoms. The number of carbonyl (C=O) groups is 2. The lowest BCUT2D eigenvalue weighted by atomic mass is 9.78. The molecule has 6 atom stereocenters. The molecule has 1 aromatic rings. The molecule has 1 amide bonds. The molecule has 7 nitrogen and oxygen atoms in total. The number of nitrogens with one attached hydrogen (secondary N) is 2. The van der Waals surface area contributed by atoms with Crippen molar-refractivity contribution in [3.63, 3.8) is 0 Å². The van der Waals surface area contributed by atoms with Crippen molar-refractivity contribution in [2.24, 2.45) is 40.9 Å². The Labute approximate surface area is 177 Å². The number of hydrogen-bond donors (Lipinski definition) is 3. The average Bonchev–Trinajstić information content (AvgIpc) is 2.97. The van der Waals surface area contributed by atoms with E-state index in [1.54, 1.807) is 6.07 Å². The fourth-order valence-electron chi connectivity index (χ4n) is 7.42. The molecule has 3 N–H and O–H groups in total. The Morgan fingerprint density at radius 1 is 1.20 bits per heavy atom. The second-order valence-corrected chi connectivity index (χ2v) is 10.1. The van der Waals surface area contributed by atoms with Gasteiger partial charge in [-0.15, -0.1) is 0 Å². The number of nitrogens with zero attached hydrogens (tertiary/aromatic N) is 1. The van der Waals surface area contributed by atoms with E-state index in [1.807, 2.05) is 6.92 Å². The summed E-state index contributed by atoms with van der Waals surface area (Å²) in [6.45, 7) is 4.36. The van der Waals surface area contributed by atoms with Gasteiger partial charge in [-0.3, -0.25) is 9.59 Å². The molecule has 3 aliphatic carbocycles. The molecular formula is C23H33N3O4. The summed E-state index contributed by atoms with van der Waals surface area (Å²) < 4.78 is 5.07. The van der Waals surface area contributed by atoms with E-state index in [0.29, 0.717) is 23.9 Å². The summed E-state index contributed by atoms with van der Waals surface area (Å²) in [5.74, 6) is 0.678. The van der Waals surface area contributed by atoms with Gasteiger partial charge in [0.1, 0.15) is 11.5 Å². The summed E-state index contributed by atoms with van der Waals surface area (Å²) in [5, 5.41) is 20.3. The smallest absolute Gasteiger partial charge is 0.307 e. The molecular weight excluding hydrogens is 382 g/mol. The Bertz CT molecular complexity index is 817. The third kappa shape index (κ3) is 3.26. The van der Waals surface area contributed by atoms with Crippen LogP contribution in [0.25, 0.3) is 0 Å². The number of hydrogen-bond acceptors (Lipinski definition) is 5. The van der Waals surface area contributed by atoms with E-state index in [-0.39, 0.29) is 23.2 Å². The summed E-state index contributed by atoms with van der Waals surface area (Å²) in [7, 11) is 0. The molecule has 2 unspecified atom stereocenters. The van der Waals surface area contributed by atoms with Gasteiger partial charge in [-0.2, -0.15) is 0 Å². The van der Waals surface area contributed by atoms with Crippen LogP contribution in [0.15, 0.2) is 10.6 Å². The highest BCUT2D eigenvalue weighted by Gasteiger charge is 2.75. The summed E-state index contributed by atoms with van der Waals surface area (Å²) >= 11 is 0. The molecule has 5 rings (SSSR count). The molecule has 0 aromatic carbocycles. The van der Waals surface area contributed by atoms with Gasteiger partial charge in [-0.25, -0.2) is 0 Å². The predicted octanol–water partition coefficient (Wildman–Crippen LogP) is 2.74. The van der Waals surface area contributed by atoms with Crippen LogP contribution in [0.2, 0.25) is 0 Å². The third-order valence-electron chi connectivity index (χ3n) is 8.71. The number of carboxylic acids is 1. The normalized spacial score (nSPS) is 37.6. The standard InChI is InChI=1S/C23H33N3O4/c1-13-10-16(26-30-13)12-25-21(27)19-17-4-5-18(20(19)22(28)29)23(17)11-15(23)3-2-14-6-8-24-9-7-14/h10,14-15,17-20,24H,2-9,11-12H2,1H3,(H,25,27)(H,28,29)/t15?,17-,18+,19+,20+,23?/m0/s1. The van der Waals surface area contributed by atoms with Crippen LogP contribution in [-0.4, -0.2) is 35.2 Å². The van der Waals surface area contributed by atoms with Gasteiger partial charge >= 0.3 is 5.97 Å². The van der Waals surface area contributed by atoms with Crippen molar-refractivity contribution in [3.05, 3.63) is 17.5 Å². The first-order chi connectivity index (χ1) is 14.5. The number of aliphatic carboxylic acids is 1. The Morgan fingerprint density at radius 3 is 2.60 bits per heavy atom. The maximum Gasteiger partial charge on any atom is 0.307 e. The lowest BCUT2D eigenvalue weighted by Gasteiger charge is -2.26. The number of piperidine rings is 1. The number of aromatic nitrogens is 1. The zero-order valence-corrected chi connectivity index (χ0v) is 17.7. The van der Waals surface area contributed by atoms with Crippen molar-refractivity contribution in [2.75, 3.05) is 13.1 Å². The van der Waals surface area contributed by atoms with Gasteiger partial charge < -0.3 is 20.3 Å². The molecule has 4 aliphatic rings. The topological polar surface area (TPSA) is 104 Å². The third-order valence-corrected chi connectivity index (χ3v) is 8.71. The van der Waals surface area contributed by atoms with Crippen LogP contribution in [0.1, 0.15) is 56.4 Å². The molecule has 1 saturated heterocycles. The summed E-state index contributed by atoms with van der Waals surface area (Å²) in [4.78, 5) is 25.3. The van der Waals surface area contributed by atoms with Crippen molar-refractivity contribution < 1.29 is 19.2 Å². The van der Waals surface area contributed by atoms with Gasteiger partial charge in [-0.05, 0) is 87.6 Å². The number of carboxylic acid groups (broad SMARTS) is 1. The van der Waals surface area contributed by atoms with Gasteiger partial charge in [0.05, 0.1) is 18.4 Å². The molecule has 30 heavy (non-hydrogen) atoms. The average molecular weight is 416 g/mol. The first-order valence-electron chi connectivity index (χ1n) is 11.6. The Kier molecular flexibility index (Phi) is 5.12. The minimum Gasteiger partial charge on any atom is -0.481 e. The maximum atomic E-state index is 13.1. The molecule has 7 heteroatoms. The molecule has 164 valence electrons. The van der Waals surface area contributed by atoms with Crippen molar-refractivity contribution in [1.82, 2.24) is 15.8 Å². The molecule has 0 radical (unpaired) electrons. The lowest BCUT2D eigenvalue weighted by molar-refractivity contribution is -0.149. The zero-order valence-electron chi connectivity index (χ0n) is 17.7. The minimum absolute atomic E-state index is 0.112.